The Morgan fingerprint density at radius 2 is 1.93 bits per heavy atom. The molecule has 0 saturated carbocycles. The van der Waals surface area contributed by atoms with Crippen LogP contribution in [0, 0.1) is 5.82 Å². The molecule has 1 amide bonds. The first-order chi connectivity index (χ1) is 13.0. The first-order valence-electron chi connectivity index (χ1n) is 8.06. The van der Waals surface area contributed by atoms with Gasteiger partial charge in [-0.2, -0.15) is 0 Å². The summed E-state index contributed by atoms with van der Waals surface area (Å²) in [4.78, 5) is 12.4. The lowest BCUT2D eigenvalue weighted by Gasteiger charge is -2.11. The Morgan fingerprint density at radius 3 is 2.63 bits per heavy atom. The molecule has 0 fully saturated rings. The maximum absolute atomic E-state index is 13.3. The third-order valence-corrected chi connectivity index (χ3v) is 5.01. The summed E-state index contributed by atoms with van der Waals surface area (Å²) in [5, 5.41) is 12.5. The molecule has 0 bridgehead atoms. The maximum atomic E-state index is 13.3. The van der Waals surface area contributed by atoms with Crippen LogP contribution >= 0.6 is 35.0 Å². The van der Waals surface area contributed by atoms with Crippen molar-refractivity contribution in [3.63, 3.8) is 0 Å². The zero-order valence-corrected chi connectivity index (χ0v) is 16.6. The van der Waals surface area contributed by atoms with E-state index in [4.69, 9.17) is 23.2 Å². The molecule has 0 saturated heterocycles. The van der Waals surface area contributed by atoms with Gasteiger partial charge in [0.05, 0.1) is 17.1 Å². The van der Waals surface area contributed by atoms with Crippen LogP contribution < -0.4 is 5.32 Å². The van der Waals surface area contributed by atoms with E-state index in [2.05, 4.69) is 15.5 Å². The van der Waals surface area contributed by atoms with Crippen LogP contribution in [-0.4, -0.2) is 26.4 Å². The molecule has 0 unspecified atom stereocenters. The molecule has 3 aromatic rings. The summed E-state index contributed by atoms with van der Waals surface area (Å²) in [5.74, 6) is 0.607. The van der Waals surface area contributed by atoms with E-state index in [0.29, 0.717) is 26.7 Å². The molecule has 5 nitrogen and oxygen atoms in total. The lowest BCUT2D eigenvalue weighted by molar-refractivity contribution is 0.0950. The minimum Gasteiger partial charge on any atom is -0.345 e. The van der Waals surface area contributed by atoms with Gasteiger partial charge in [0.1, 0.15) is 5.82 Å². The molecular weight excluding hydrogens is 410 g/mol. The van der Waals surface area contributed by atoms with E-state index in [1.807, 2.05) is 6.92 Å². The zero-order chi connectivity index (χ0) is 19.4. The van der Waals surface area contributed by atoms with Gasteiger partial charge in [-0.3, -0.25) is 9.36 Å². The van der Waals surface area contributed by atoms with Gasteiger partial charge >= 0.3 is 0 Å². The highest BCUT2D eigenvalue weighted by Crippen LogP contribution is 2.23. The Labute approximate surface area is 169 Å². The predicted octanol–water partition coefficient (Wildman–Crippen LogP) is 4.76. The predicted molar refractivity (Wildman–Crippen MR) is 105 cm³/mol. The minimum absolute atomic E-state index is 0.121. The van der Waals surface area contributed by atoms with Gasteiger partial charge in [-0.05, 0) is 48.2 Å². The zero-order valence-electron chi connectivity index (χ0n) is 14.2. The van der Waals surface area contributed by atoms with Crippen LogP contribution in [0.1, 0.15) is 23.1 Å². The molecular formula is C18H15Cl2FN4OS. The third-order valence-electron chi connectivity index (χ3n) is 3.64. The number of hydrogen-bond acceptors (Lipinski definition) is 4. The molecule has 0 spiro atoms. The summed E-state index contributed by atoms with van der Waals surface area (Å²) in [6, 6.07) is 10.7. The Bertz CT molecular complexity index is 962. The smallest absolute Gasteiger partial charge is 0.253 e. The summed E-state index contributed by atoms with van der Waals surface area (Å²) < 4.78 is 15.0. The van der Waals surface area contributed by atoms with E-state index in [1.165, 1.54) is 30.0 Å². The molecule has 0 aliphatic carbocycles. The Kier molecular flexibility index (Phi) is 6.36. The van der Waals surface area contributed by atoms with E-state index >= 15 is 0 Å². The Hall–Kier alpha value is -2.09. The number of nitrogens with zero attached hydrogens (tertiary/aromatic N) is 3. The summed E-state index contributed by atoms with van der Waals surface area (Å²) >= 11 is 13.5. The highest BCUT2D eigenvalue weighted by molar-refractivity contribution is 7.99. The number of halogens is 3. The quantitative estimate of drug-likeness (QED) is 0.579. The topological polar surface area (TPSA) is 59.8 Å². The number of carbonyl (C=O) groups excluding carboxylic acids is 1. The largest absolute Gasteiger partial charge is 0.345 e. The number of carbonyl (C=O) groups is 1. The molecule has 1 N–H and O–H groups in total. The Morgan fingerprint density at radius 1 is 1.19 bits per heavy atom. The van der Waals surface area contributed by atoms with Gasteiger partial charge in [-0.1, -0.05) is 41.9 Å². The standard InChI is InChI=1S/C18H15Cl2FN4OS/c1-2-27-18-24-23-16(25(18)13-6-4-12(21)5-7-13)10-22-17(26)14-9-11(19)3-8-15(14)20/h3-9H,2,10H2,1H3,(H,22,26). The molecule has 0 aliphatic heterocycles. The fourth-order valence-corrected chi connectivity index (χ4v) is 3.49. The fourth-order valence-electron chi connectivity index (χ4n) is 2.41. The van der Waals surface area contributed by atoms with Crippen LogP contribution in [0.25, 0.3) is 5.69 Å². The molecule has 0 radical (unpaired) electrons. The van der Waals surface area contributed by atoms with E-state index in [9.17, 15) is 9.18 Å². The number of thioether (sulfide) groups is 1. The van der Waals surface area contributed by atoms with Gasteiger partial charge in [-0.15, -0.1) is 10.2 Å². The van der Waals surface area contributed by atoms with Crippen molar-refractivity contribution in [3.8, 4) is 5.69 Å². The highest BCUT2D eigenvalue weighted by atomic mass is 35.5. The van der Waals surface area contributed by atoms with Crippen LogP contribution in [0.4, 0.5) is 4.39 Å². The molecule has 9 heteroatoms. The van der Waals surface area contributed by atoms with Crippen molar-refractivity contribution in [1.82, 2.24) is 20.1 Å². The van der Waals surface area contributed by atoms with Gasteiger partial charge < -0.3 is 5.32 Å². The fraction of sp³-hybridized carbons (Fsp3) is 0.167. The molecule has 0 atom stereocenters. The second kappa shape index (κ2) is 8.73. The van der Waals surface area contributed by atoms with Crippen molar-refractivity contribution >= 4 is 40.9 Å². The van der Waals surface area contributed by atoms with Crippen molar-refractivity contribution in [2.24, 2.45) is 0 Å². The maximum Gasteiger partial charge on any atom is 0.253 e. The normalized spacial score (nSPS) is 10.8. The van der Waals surface area contributed by atoms with Gasteiger partial charge in [0.2, 0.25) is 0 Å². The minimum atomic E-state index is -0.374. The SMILES string of the molecule is CCSc1nnc(CNC(=O)c2cc(Cl)ccc2Cl)n1-c1ccc(F)cc1. The van der Waals surface area contributed by atoms with Crippen molar-refractivity contribution in [1.29, 1.82) is 0 Å². The monoisotopic (exact) mass is 424 g/mol. The van der Waals surface area contributed by atoms with E-state index in [1.54, 1.807) is 28.8 Å². The van der Waals surface area contributed by atoms with Crippen LogP contribution in [0.5, 0.6) is 0 Å². The molecule has 1 aromatic heterocycles. The van der Waals surface area contributed by atoms with Crippen molar-refractivity contribution in [2.45, 2.75) is 18.6 Å². The molecule has 27 heavy (non-hydrogen) atoms. The van der Waals surface area contributed by atoms with Crippen molar-refractivity contribution in [3.05, 3.63) is 69.7 Å². The molecule has 0 aliphatic rings. The van der Waals surface area contributed by atoms with Crippen LogP contribution in [0.3, 0.4) is 0 Å². The lowest BCUT2D eigenvalue weighted by Crippen LogP contribution is -2.25. The Balaban J connectivity index is 1.85. The first kappa shape index (κ1) is 19.7. The number of nitrogens with one attached hydrogen (secondary N) is 1. The second-order valence-corrected chi connectivity index (χ2v) is 7.53. The summed E-state index contributed by atoms with van der Waals surface area (Å²) in [5.41, 5.74) is 0.988. The van der Waals surface area contributed by atoms with Crippen LogP contribution in [0.2, 0.25) is 10.0 Å². The molecule has 3 rings (SSSR count). The average Bonchev–Trinajstić information content (AvgIpc) is 3.05. The summed E-state index contributed by atoms with van der Waals surface area (Å²) in [6.07, 6.45) is 0. The van der Waals surface area contributed by atoms with Gasteiger partial charge in [0.15, 0.2) is 11.0 Å². The molecule has 1 heterocycles. The average molecular weight is 425 g/mol. The second-order valence-electron chi connectivity index (χ2n) is 5.45. The van der Waals surface area contributed by atoms with Crippen molar-refractivity contribution < 1.29 is 9.18 Å². The first-order valence-corrected chi connectivity index (χ1v) is 9.80. The van der Waals surface area contributed by atoms with E-state index in [0.717, 1.165) is 5.75 Å². The lowest BCUT2D eigenvalue weighted by atomic mass is 10.2. The molecule has 2 aromatic carbocycles. The van der Waals surface area contributed by atoms with Crippen LogP contribution in [-0.2, 0) is 6.54 Å². The number of rotatable bonds is 6. The number of benzene rings is 2. The number of amides is 1. The third kappa shape index (κ3) is 4.61. The summed E-state index contributed by atoms with van der Waals surface area (Å²) in [6.45, 7) is 2.12. The molecule has 140 valence electrons. The highest BCUT2D eigenvalue weighted by Gasteiger charge is 2.16. The van der Waals surface area contributed by atoms with Crippen LogP contribution in [0.15, 0.2) is 47.6 Å². The van der Waals surface area contributed by atoms with Gasteiger partial charge in [0, 0.05) is 10.7 Å². The van der Waals surface area contributed by atoms with Crippen molar-refractivity contribution in [2.75, 3.05) is 5.75 Å². The van der Waals surface area contributed by atoms with E-state index in [-0.39, 0.29) is 23.8 Å². The number of hydrogen-bond donors (Lipinski definition) is 1. The van der Waals surface area contributed by atoms with Gasteiger partial charge in [0.25, 0.3) is 5.91 Å². The number of aromatic nitrogens is 3. The van der Waals surface area contributed by atoms with Gasteiger partial charge in [-0.25, -0.2) is 4.39 Å². The summed E-state index contributed by atoms with van der Waals surface area (Å²) in [7, 11) is 0. The van der Waals surface area contributed by atoms with E-state index < -0.39 is 0 Å².